The molecule has 1 saturated carbocycles. The minimum atomic E-state index is 0.0690. The van der Waals surface area contributed by atoms with E-state index >= 15 is 0 Å². The van der Waals surface area contributed by atoms with E-state index in [1.165, 1.54) is 12.8 Å². The summed E-state index contributed by atoms with van der Waals surface area (Å²) >= 11 is 0. The molecule has 1 heterocycles. The zero-order valence-corrected chi connectivity index (χ0v) is 13.1. The van der Waals surface area contributed by atoms with Gasteiger partial charge in [0.1, 0.15) is 5.75 Å². The van der Waals surface area contributed by atoms with Gasteiger partial charge in [0, 0.05) is 25.2 Å². The SMILES string of the molecule is CCOc1ccc(-c2ccc(CNC3CC3)c(=O)n2C)cc1. The number of hydrogen-bond acceptors (Lipinski definition) is 3. The molecule has 2 aromatic rings. The molecule has 1 aromatic carbocycles. The Morgan fingerprint density at radius 2 is 1.91 bits per heavy atom. The molecule has 22 heavy (non-hydrogen) atoms. The molecule has 0 spiro atoms. The van der Waals surface area contributed by atoms with Gasteiger partial charge in [-0.25, -0.2) is 0 Å². The molecule has 0 saturated heterocycles. The smallest absolute Gasteiger partial charge is 0.255 e. The molecule has 0 amide bonds. The lowest BCUT2D eigenvalue weighted by Crippen LogP contribution is -2.27. The Hall–Kier alpha value is -2.07. The summed E-state index contributed by atoms with van der Waals surface area (Å²) in [7, 11) is 1.83. The van der Waals surface area contributed by atoms with E-state index in [-0.39, 0.29) is 5.56 Å². The number of nitrogens with zero attached hydrogens (tertiary/aromatic N) is 1. The van der Waals surface area contributed by atoms with Crippen LogP contribution in [-0.4, -0.2) is 17.2 Å². The van der Waals surface area contributed by atoms with Crippen molar-refractivity contribution in [2.45, 2.75) is 32.4 Å². The van der Waals surface area contributed by atoms with Gasteiger partial charge in [-0.3, -0.25) is 4.79 Å². The second-order valence-corrected chi connectivity index (χ2v) is 5.72. The Balaban J connectivity index is 1.83. The first-order valence-electron chi connectivity index (χ1n) is 7.84. The van der Waals surface area contributed by atoms with Crippen LogP contribution in [-0.2, 0) is 13.6 Å². The fraction of sp³-hybridized carbons (Fsp3) is 0.389. The number of benzene rings is 1. The van der Waals surface area contributed by atoms with Gasteiger partial charge in [-0.15, -0.1) is 0 Å². The van der Waals surface area contributed by atoms with E-state index < -0.39 is 0 Å². The first-order chi connectivity index (χ1) is 10.7. The fourth-order valence-corrected chi connectivity index (χ4v) is 2.54. The summed E-state index contributed by atoms with van der Waals surface area (Å²) in [5.74, 6) is 0.849. The standard InChI is InChI=1S/C18H22N2O2/c1-3-22-16-9-4-13(5-10-16)17-11-6-14(18(21)20(17)2)12-19-15-7-8-15/h4-6,9-11,15,19H,3,7-8,12H2,1-2H3. The predicted octanol–water partition coefficient (Wildman–Crippen LogP) is 2.70. The molecule has 3 rings (SSSR count). The van der Waals surface area contributed by atoms with Crippen LogP contribution >= 0.6 is 0 Å². The van der Waals surface area contributed by atoms with Gasteiger partial charge in [0.05, 0.1) is 12.3 Å². The van der Waals surface area contributed by atoms with E-state index in [1.54, 1.807) is 4.57 Å². The highest BCUT2D eigenvalue weighted by Gasteiger charge is 2.20. The van der Waals surface area contributed by atoms with Gasteiger partial charge in [0.15, 0.2) is 0 Å². The van der Waals surface area contributed by atoms with Crippen LogP contribution in [0.25, 0.3) is 11.3 Å². The van der Waals surface area contributed by atoms with E-state index in [2.05, 4.69) is 5.32 Å². The molecular formula is C18H22N2O2. The van der Waals surface area contributed by atoms with Crippen molar-refractivity contribution in [3.05, 3.63) is 52.3 Å². The van der Waals surface area contributed by atoms with Crippen molar-refractivity contribution in [3.63, 3.8) is 0 Å². The number of ether oxygens (including phenoxy) is 1. The molecule has 1 N–H and O–H groups in total. The number of pyridine rings is 1. The minimum absolute atomic E-state index is 0.0690. The highest BCUT2D eigenvalue weighted by atomic mass is 16.5. The van der Waals surface area contributed by atoms with Gasteiger partial charge in [-0.1, -0.05) is 6.07 Å². The number of nitrogens with one attached hydrogen (secondary N) is 1. The van der Waals surface area contributed by atoms with Crippen LogP contribution in [0, 0.1) is 0 Å². The van der Waals surface area contributed by atoms with Crippen molar-refractivity contribution in [1.82, 2.24) is 9.88 Å². The molecule has 0 unspecified atom stereocenters. The Labute approximate surface area is 130 Å². The Bertz CT molecular complexity index is 700. The molecule has 4 nitrogen and oxygen atoms in total. The molecule has 1 aromatic heterocycles. The zero-order chi connectivity index (χ0) is 15.5. The average Bonchev–Trinajstić information content (AvgIpc) is 3.34. The van der Waals surface area contributed by atoms with Crippen molar-refractivity contribution in [2.24, 2.45) is 7.05 Å². The lowest BCUT2D eigenvalue weighted by Gasteiger charge is -2.12. The molecule has 0 radical (unpaired) electrons. The van der Waals surface area contributed by atoms with Gasteiger partial charge >= 0.3 is 0 Å². The molecule has 1 aliphatic rings. The van der Waals surface area contributed by atoms with Crippen molar-refractivity contribution < 1.29 is 4.74 Å². The second-order valence-electron chi connectivity index (χ2n) is 5.72. The number of rotatable bonds is 6. The molecule has 0 atom stereocenters. The lowest BCUT2D eigenvalue weighted by atomic mass is 10.1. The minimum Gasteiger partial charge on any atom is -0.494 e. The molecule has 116 valence electrons. The van der Waals surface area contributed by atoms with Gasteiger partial charge < -0.3 is 14.6 Å². The van der Waals surface area contributed by atoms with Crippen LogP contribution in [0.2, 0.25) is 0 Å². The van der Waals surface area contributed by atoms with Crippen molar-refractivity contribution in [3.8, 4) is 17.0 Å². The Kier molecular flexibility index (Phi) is 4.29. The largest absolute Gasteiger partial charge is 0.494 e. The summed E-state index contributed by atoms with van der Waals surface area (Å²) in [6, 6.07) is 12.4. The lowest BCUT2D eigenvalue weighted by molar-refractivity contribution is 0.340. The van der Waals surface area contributed by atoms with Crippen LogP contribution in [0.3, 0.4) is 0 Å². The topological polar surface area (TPSA) is 43.3 Å². The highest BCUT2D eigenvalue weighted by Crippen LogP contribution is 2.22. The highest BCUT2D eigenvalue weighted by molar-refractivity contribution is 5.60. The summed E-state index contributed by atoms with van der Waals surface area (Å²) in [6.45, 7) is 3.27. The third kappa shape index (κ3) is 3.22. The van der Waals surface area contributed by atoms with Crippen molar-refractivity contribution >= 4 is 0 Å². The molecule has 1 aliphatic carbocycles. The van der Waals surface area contributed by atoms with E-state index in [4.69, 9.17) is 4.74 Å². The number of aromatic nitrogens is 1. The summed E-state index contributed by atoms with van der Waals surface area (Å²) in [6.07, 6.45) is 2.45. The summed E-state index contributed by atoms with van der Waals surface area (Å²) in [5, 5.41) is 3.39. The van der Waals surface area contributed by atoms with Gasteiger partial charge in [0.25, 0.3) is 5.56 Å². The third-order valence-electron chi connectivity index (χ3n) is 4.00. The third-order valence-corrected chi connectivity index (χ3v) is 4.00. The maximum atomic E-state index is 12.5. The monoisotopic (exact) mass is 298 g/mol. The van der Waals surface area contributed by atoms with Crippen LogP contribution < -0.4 is 15.6 Å². The van der Waals surface area contributed by atoms with E-state index in [0.29, 0.717) is 19.2 Å². The van der Waals surface area contributed by atoms with Crippen molar-refractivity contribution in [2.75, 3.05) is 6.61 Å². The number of hydrogen-bond donors (Lipinski definition) is 1. The summed E-state index contributed by atoms with van der Waals surface area (Å²) in [5.41, 5.74) is 2.83. The van der Waals surface area contributed by atoms with E-state index in [0.717, 1.165) is 22.6 Å². The van der Waals surface area contributed by atoms with Gasteiger partial charge in [-0.05, 0) is 55.7 Å². The quantitative estimate of drug-likeness (QED) is 0.891. The predicted molar refractivity (Wildman–Crippen MR) is 88.1 cm³/mol. The van der Waals surface area contributed by atoms with Crippen molar-refractivity contribution in [1.29, 1.82) is 0 Å². The molecular weight excluding hydrogens is 276 g/mol. The normalized spacial score (nSPS) is 14.1. The van der Waals surface area contributed by atoms with Crippen LogP contribution in [0.4, 0.5) is 0 Å². The summed E-state index contributed by atoms with van der Waals surface area (Å²) in [4.78, 5) is 12.5. The second kappa shape index (κ2) is 6.36. The maximum absolute atomic E-state index is 12.5. The van der Waals surface area contributed by atoms with Gasteiger partial charge in [0.2, 0.25) is 0 Å². The molecule has 0 bridgehead atoms. The molecule has 1 fully saturated rings. The van der Waals surface area contributed by atoms with Gasteiger partial charge in [-0.2, -0.15) is 0 Å². The molecule has 0 aliphatic heterocycles. The first kappa shape index (κ1) is 14.9. The Morgan fingerprint density at radius 3 is 2.55 bits per heavy atom. The zero-order valence-electron chi connectivity index (χ0n) is 13.1. The first-order valence-corrected chi connectivity index (χ1v) is 7.84. The van der Waals surface area contributed by atoms with Crippen LogP contribution in [0.15, 0.2) is 41.2 Å². The fourth-order valence-electron chi connectivity index (χ4n) is 2.54. The Morgan fingerprint density at radius 1 is 1.18 bits per heavy atom. The average molecular weight is 298 g/mol. The van der Waals surface area contributed by atoms with Crippen LogP contribution in [0.5, 0.6) is 5.75 Å². The van der Waals surface area contributed by atoms with Crippen LogP contribution in [0.1, 0.15) is 25.3 Å². The summed E-state index contributed by atoms with van der Waals surface area (Å²) < 4.78 is 7.18. The maximum Gasteiger partial charge on any atom is 0.255 e. The van der Waals surface area contributed by atoms with E-state index in [9.17, 15) is 4.79 Å². The van der Waals surface area contributed by atoms with E-state index in [1.807, 2.05) is 50.4 Å². The molecule has 4 heteroatoms.